The second-order valence-corrected chi connectivity index (χ2v) is 8.81. The van der Waals surface area contributed by atoms with Crippen LogP contribution >= 0.6 is 11.6 Å². The molecule has 2 unspecified atom stereocenters. The molecule has 0 radical (unpaired) electrons. The Hall–Kier alpha value is -2.15. The van der Waals surface area contributed by atoms with Gasteiger partial charge in [0.1, 0.15) is 17.7 Å². The third-order valence-electron chi connectivity index (χ3n) is 5.88. The number of aromatic nitrogens is 1. The maximum Gasteiger partial charge on any atom is 0.258 e. The number of nitrogens with one attached hydrogen (secondary N) is 1. The molecule has 5 nitrogen and oxygen atoms in total. The lowest BCUT2D eigenvalue weighted by molar-refractivity contribution is -0.124. The fourth-order valence-electron chi connectivity index (χ4n) is 4.17. The van der Waals surface area contributed by atoms with E-state index in [1.807, 2.05) is 0 Å². The van der Waals surface area contributed by atoms with Crippen LogP contribution in [0.15, 0.2) is 42.3 Å². The summed E-state index contributed by atoms with van der Waals surface area (Å²) >= 11 is 5.86. The van der Waals surface area contributed by atoms with Crippen molar-refractivity contribution in [2.75, 3.05) is 13.2 Å². The third kappa shape index (κ3) is 6.92. The van der Waals surface area contributed by atoms with Gasteiger partial charge < -0.3 is 14.8 Å². The van der Waals surface area contributed by atoms with Crippen LogP contribution in [0.25, 0.3) is 0 Å². The Balaban J connectivity index is 1.45. The van der Waals surface area contributed by atoms with Gasteiger partial charge in [0.2, 0.25) is 5.95 Å². The van der Waals surface area contributed by atoms with Gasteiger partial charge in [0.05, 0.1) is 18.2 Å². The van der Waals surface area contributed by atoms with E-state index in [0.29, 0.717) is 18.1 Å². The molecule has 0 aromatic carbocycles. The Labute approximate surface area is 186 Å². The van der Waals surface area contributed by atoms with Crippen molar-refractivity contribution in [3.05, 3.63) is 48.3 Å². The highest BCUT2D eigenvalue weighted by molar-refractivity contribution is 6.22. The number of carbonyl (C=O) groups is 1. The highest BCUT2D eigenvalue weighted by atomic mass is 35.5. The normalized spacial score (nSPS) is 28.0. The van der Waals surface area contributed by atoms with E-state index in [0.717, 1.165) is 38.5 Å². The minimum Gasteiger partial charge on any atom is -0.493 e. The van der Waals surface area contributed by atoms with Crippen LogP contribution < -0.4 is 10.1 Å². The molecule has 1 saturated carbocycles. The van der Waals surface area contributed by atoms with Crippen molar-refractivity contribution in [1.82, 2.24) is 10.3 Å². The molecule has 2 aliphatic rings. The van der Waals surface area contributed by atoms with Gasteiger partial charge in [0.25, 0.3) is 5.91 Å². The lowest BCUT2D eigenvalue weighted by Gasteiger charge is -2.40. The smallest absolute Gasteiger partial charge is 0.258 e. The summed E-state index contributed by atoms with van der Waals surface area (Å²) in [6.45, 7) is 2.53. The van der Waals surface area contributed by atoms with Crippen LogP contribution in [-0.2, 0) is 9.53 Å². The molecule has 2 atom stereocenters. The lowest BCUT2D eigenvalue weighted by atomic mass is 9.70. The Morgan fingerprint density at radius 1 is 1.32 bits per heavy atom. The number of pyridine rings is 1. The van der Waals surface area contributed by atoms with E-state index in [1.165, 1.54) is 24.4 Å². The molecule has 1 aromatic rings. The predicted octanol–water partition coefficient (Wildman–Crippen LogP) is 4.86. The number of allylic oxidation sites excluding steroid dienone is 3. The molecular formula is C23H29ClF2N2O3. The van der Waals surface area contributed by atoms with Crippen LogP contribution in [-0.4, -0.2) is 41.7 Å². The summed E-state index contributed by atoms with van der Waals surface area (Å²) in [6, 6.07) is 2.70. The second kappa shape index (κ2) is 10.9. The van der Waals surface area contributed by atoms with E-state index >= 15 is 0 Å². The van der Waals surface area contributed by atoms with E-state index in [9.17, 15) is 13.6 Å². The lowest BCUT2D eigenvalue weighted by Crippen LogP contribution is -2.43. The van der Waals surface area contributed by atoms with Gasteiger partial charge in [-0.3, -0.25) is 4.79 Å². The number of amides is 1. The quantitative estimate of drug-likeness (QED) is 0.427. The summed E-state index contributed by atoms with van der Waals surface area (Å²) in [6.07, 6.45) is 10.4. The van der Waals surface area contributed by atoms with E-state index in [-0.39, 0.29) is 24.0 Å². The fraction of sp³-hybridized carbons (Fsp3) is 0.565. The van der Waals surface area contributed by atoms with Crippen LogP contribution in [0.4, 0.5) is 8.78 Å². The molecule has 1 aromatic heterocycles. The van der Waals surface area contributed by atoms with Crippen molar-refractivity contribution in [1.29, 1.82) is 0 Å². The van der Waals surface area contributed by atoms with Crippen molar-refractivity contribution in [3.63, 3.8) is 0 Å². The Bertz CT molecular complexity index is 793. The molecule has 1 N–H and O–H groups in total. The summed E-state index contributed by atoms with van der Waals surface area (Å²) in [7, 11) is 0. The highest BCUT2D eigenvalue weighted by Gasteiger charge is 2.36. The van der Waals surface area contributed by atoms with Gasteiger partial charge in [-0.15, -0.1) is 11.6 Å². The topological polar surface area (TPSA) is 60.5 Å². The van der Waals surface area contributed by atoms with Crippen molar-refractivity contribution >= 4 is 17.5 Å². The monoisotopic (exact) mass is 454 g/mol. The molecule has 2 aliphatic carbocycles. The summed E-state index contributed by atoms with van der Waals surface area (Å²) in [5, 5.41) is 2.37. The summed E-state index contributed by atoms with van der Waals surface area (Å²) in [5.74, 6) is 0.0712. The number of alkyl halides is 2. The molecule has 8 heteroatoms. The first-order chi connectivity index (χ1) is 14.9. The fourth-order valence-corrected chi connectivity index (χ4v) is 4.31. The largest absolute Gasteiger partial charge is 0.493 e. The van der Waals surface area contributed by atoms with Crippen LogP contribution in [0.2, 0.25) is 0 Å². The number of halogens is 3. The molecule has 31 heavy (non-hydrogen) atoms. The van der Waals surface area contributed by atoms with Crippen LogP contribution in [0.1, 0.15) is 45.4 Å². The first kappa shape index (κ1) is 23.5. The molecule has 1 heterocycles. The first-order valence-electron chi connectivity index (χ1n) is 10.7. The zero-order valence-corrected chi connectivity index (χ0v) is 18.4. The SMILES string of the molecule is CCCC1(COC2=CC(F)C(Cl)C=C2)CCC(NC(=O)COc2ccc(F)nc2)CC1. The Kier molecular flexibility index (Phi) is 8.29. The van der Waals surface area contributed by atoms with Crippen LogP contribution in [0.3, 0.4) is 0 Å². The molecular weight excluding hydrogens is 426 g/mol. The summed E-state index contributed by atoms with van der Waals surface area (Å²) in [5.41, 5.74) is 0.0184. The summed E-state index contributed by atoms with van der Waals surface area (Å²) < 4.78 is 37.9. The number of hydrogen-bond acceptors (Lipinski definition) is 4. The van der Waals surface area contributed by atoms with E-state index in [4.69, 9.17) is 21.1 Å². The number of carbonyl (C=O) groups excluding carboxylic acids is 1. The molecule has 1 amide bonds. The Morgan fingerprint density at radius 2 is 2.10 bits per heavy atom. The van der Waals surface area contributed by atoms with Crippen molar-refractivity contribution in [2.24, 2.45) is 5.41 Å². The van der Waals surface area contributed by atoms with Crippen molar-refractivity contribution in [3.8, 4) is 5.75 Å². The minimum atomic E-state index is -1.23. The van der Waals surface area contributed by atoms with Crippen molar-refractivity contribution < 1.29 is 23.0 Å². The second-order valence-electron chi connectivity index (χ2n) is 8.30. The first-order valence-corrected chi connectivity index (χ1v) is 11.2. The third-order valence-corrected chi connectivity index (χ3v) is 6.27. The molecule has 3 rings (SSSR count). The molecule has 0 bridgehead atoms. The maximum atomic E-state index is 13.8. The van der Waals surface area contributed by atoms with E-state index in [1.54, 1.807) is 12.2 Å². The average molecular weight is 455 g/mol. The zero-order chi connectivity index (χ0) is 22.3. The number of ether oxygens (including phenoxy) is 2. The highest BCUT2D eigenvalue weighted by Crippen LogP contribution is 2.41. The summed E-state index contributed by atoms with van der Waals surface area (Å²) in [4.78, 5) is 15.7. The van der Waals surface area contributed by atoms with E-state index < -0.39 is 17.5 Å². The van der Waals surface area contributed by atoms with Gasteiger partial charge >= 0.3 is 0 Å². The number of rotatable bonds is 9. The van der Waals surface area contributed by atoms with Crippen LogP contribution in [0, 0.1) is 11.4 Å². The maximum absolute atomic E-state index is 13.8. The van der Waals surface area contributed by atoms with Gasteiger partial charge in [-0.05, 0) is 56.4 Å². The molecule has 170 valence electrons. The number of hydrogen-bond donors (Lipinski definition) is 1. The van der Waals surface area contributed by atoms with Gasteiger partial charge in [-0.1, -0.05) is 19.4 Å². The minimum absolute atomic E-state index is 0.0184. The van der Waals surface area contributed by atoms with E-state index in [2.05, 4.69) is 17.2 Å². The molecule has 0 aliphatic heterocycles. The van der Waals surface area contributed by atoms with Gasteiger partial charge in [-0.2, -0.15) is 4.39 Å². The van der Waals surface area contributed by atoms with Gasteiger partial charge in [-0.25, -0.2) is 9.37 Å². The predicted molar refractivity (Wildman–Crippen MR) is 115 cm³/mol. The standard InChI is InChI=1S/C23H29ClF2N2O3/c1-2-9-23(15-31-17-3-5-19(24)20(25)12-17)10-7-16(8-11-23)28-22(29)14-30-18-4-6-21(26)27-13-18/h3-6,12-13,16,19-20H,2,7-11,14-15H2,1H3,(H,28,29). The zero-order valence-electron chi connectivity index (χ0n) is 17.7. The molecule has 1 fully saturated rings. The van der Waals surface area contributed by atoms with Gasteiger partial charge in [0.15, 0.2) is 6.61 Å². The molecule has 0 saturated heterocycles. The molecule has 0 spiro atoms. The van der Waals surface area contributed by atoms with Crippen molar-refractivity contribution in [2.45, 2.75) is 63.0 Å². The average Bonchev–Trinajstić information content (AvgIpc) is 2.76. The Morgan fingerprint density at radius 3 is 2.74 bits per heavy atom. The van der Waals surface area contributed by atoms with Crippen LogP contribution in [0.5, 0.6) is 5.75 Å². The number of nitrogens with zero attached hydrogens (tertiary/aromatic N) is 1. The van der Waals surface area contributed by atoms with Gasteiger partial charge in [0, 0.05) is 11.5 Å².